The highest BCUT2D eigenvalue weighted by molar-refractivity contribution is 5.23. The van der Waals surface area contributed by atoms with Crippen LogP contribution in [0.2, 0.25) is 0 Å². The molecule has 14 heavy (non-hydrogen) atoms. The molecule has 1 nitrogen and oxygen atoms in total. The van der Waals surface area contributed by atoms with Crippen molar-refractivity contribution in [2.24, 2.45) is 0 Å². The molecule has 0 aromatic heterocycles. The maximum absolute atomic E-state index is 11.9. The molecule has 0 spiro atoms. The molecule has 0 amide bonds. The van der Waals surface area contributed by atoms with Crippen molar-refractivity contribution in [3.05, 3.63) is 35.4 Å². The first kappa shape index (κ1) is 11.0. The normalized spacial score (nSPS) is 14.1. The van der Waals surface area contributed by atoms with Crippen LogP contribution >= 0.6 is 0 Å². The second kappa shape index (κ2) is 4.00. The summed E-state index contributed by atoms with van der Waals surface area (Å²) in [5, 5.41) is 9.23. The summed E-state index contributed by atoms with van der Waals surface area (Å²) < 4.78 is 35.7. The number of aryl methyl sites for hydroxylation is 1. The molecule has 0 fully saturated rings. The van der Waals surface area contributed by atoms with Gasteiger partial charge in [0.1, 0.15) is 0 Å². The van der Waals surface area contributed by atoms with Crippen LogP contribution in [-0.4, -0.2) is 11.3 Å². The zero-order valence-electron chi connectivity index (χ0n) is 7.67. The van der Waals surface area contributed by atoms with Gasteiger partial charge in [-0.3, -0.25) is 0 Å². The third-order valence-corrected chi connectivity index (χ3v) is 1.89. The average molecular weight is 204 g/mol. The van der Waals surface area contributed by atoms with Gasteiger partial charge in [0.2, 0.25) is 0 Å². The molecule has 0 saturated heterocycles. The standard InChI is InChI=1S/C10H11F3O/c1-7-2-4-8(5-3-7)9(14)6-10(11,12)13/h2-5,9,14H,6H2,1H3/t9-/m1/s1. The van der Waals surface area contributed by atoms with Crippen LogP contribution in [0.15, 0.2) is 24.3 Å². The van der Waals surface area contributed by atoms with Gasteiger partial charge in [-0.25, -0.2) is 0 Å². The number of aliphatic hydroxyl groups excluding tert-OH is 1. The van der Waals surface area contributed by atoms with E-state index in [9.17, 15) is 18.3 Å². The average Bonchev–Trinajstić information content (AvgIpc) is 2.02. The Morgan fingerprint density at radius 2 is 1.71 bits per heavy atom. The van der Waals surface area contributed by atoms with Crippen molar-refractivity contribution in [3.8, 4) is 0 Å². The van der Waals surface area contributed by atoms with Crippen LogP contribution in [0.3, 0.4) is 0 Å². The highest BCUT2D eigenvalue weighted by atomic mass is 19.4. The van der Waals surface area contributed by atoms with E-state index in [0.717, 1.165) is 5.56 Å². The Morgan fingerprint density at radius 3 is 2.14 bits per heavy atom. The second-order valence-electron chi connectivity index (χ2n) is 3.25. The van der Waals surface area contributed by atoms with Crippen LogP contribution in [-0.2, 0) is 0 Å². The Labute approximate surface area is 80.2 Å². The highest BCUT2D eigenvalue weighted by Gasteiger charge is 2.31. The van der Waals surface area contributed by atoms with Gasteiger partial charge < -0.3 is 5.11 Å². The predicted octanol–water partition coefficient (Wildman–Crippen LogP) is 2.98. The molecule has 4 heteroatoms. The molecule has 78 valence electrons. The topological polar surface area (TPSA) is 20.2 Å². The number of benzene rings is 1. The number of halogens is 3. The van der Waals surface area contributed by atoms with Crippen molar-refractivity contribution in [2.75, 3.05) is 0 Å². The Balaban J connectivity index is 2.70. The Morgan fingerprint density at radius 1 is 1.21 bits per heavy atom. The first-order valence-electron chi connectivity index (χ1n) is 4.20. The van der Waals surface area contributed by atoms with Crippen molar-refractivity contribution in [3.63, 3.8) is 0 Å². The van der Waals surface area contributed by atoms with E-state index in [1.165, 1.54) is 12.1 Å². The lowest BCUT2D eigenvalue weighted by molar-refractivity contribution is -0.154. The minimum atomic E-state index is -4.33. The summed E-state index contributed by atoms with van der Waals surface area (Å²) in [6.45, 7) is 1.83. The van der Waals surface area contributed by atoms with E-state index in [2.05, 4.69) is 0 Å². The maximum atomic E-state index is 11.9. The zero-order chi connectivity index (χ0) is 10.8. The summed E-state index contributed by atoms with van der Waals surface area (Å²) >= 11 is 0. The molecular formula is C10H11F3O. The summed E-state index contributed by atoms with van der Waals surface area (Å²) in [5.41, 5.74) is 1.25. The Bertz CT molecular complexity index is 289. The van der Waals surface area contributed by atoms with Gasteiger partial charge in [-0.05, 0) is 12.5 Å². The van der Waals surface area contributed by atoms with E-state index < -0.39 is 18.7 Å². The van der Waals surface area contributed by atoms with Crippen molar-refractivity contribution in [1.82, 2.24) is 0 Å². The number of alkyl halides is 3. The SMILES string of the molecule is Cc1ccc([C@H](O)CC(F)(F)F)cc1. The van der Waals surface area contributed by atoms with Crippen LogP contribution in [0.4, 0.5) is 13.2 Å². The monoisotopic (exact) mass is 204 g/mol. The third kappa shape index (κ3) is 3.38. The lowest BCUT2D eigenvalue weighted by Crippen LogP contribution is -2.13. The fraction of sp³-hybridized carbons (Fsp3) is 0.400. The third-order valence-electron chi connectivity index (χ3n) is 1.89. The van der Waals surface area contributed by atoms with Gasteiger partial charge in [-0.2, -0.15) is 13.2 Å². The lowest BCUT2D eigenvalue weighted by atomic mass is 10.1. The van der Waals surface area contributed by atoms with E-state index in [1.807, 2.05) is 6.92 Å². The molecule has 0 radical (unpaired) electrons. The van der Waals surface area contributed by atoms with Crippen LogP contribution in [0.25, 0.3) is 0 Å². The molecule has 0 heterocycles. The fourth-order valence-electron chi connectivity index (χ4n) is 1.13. The van der Waals surface area contributed by atoms with E-state index in [4.69, 9.17) is 0 Å². The maximum Gasteiger partial charge on any atom is 0.391 e. The minimum absolute atomic E-state index is 0.299. The second-order valence-corrected chi connectivity index (χ2v) is 3.25. The molecule has 0 bridgehead atoms. The van der Waals surface area contributed by atoms with Gasteiger partial charge in [-0.1, -0.05) is 29.8 Å². The Hall–Kier alpha value is -1.03. The molecular weight excluding hydrogens is 193 g/mol. The largest absolute Gasteiger partial charge is 0.391 e. The summed E-state index contributed by atoms with van der Waals surface area (Å²) in [6.07, 6.45) is -6.99. The summed E-state index contributed by atoms with van der Waals surface area (Å²) in [7, 11) is 0. The van der Waals surface area contributed by atoms with E-state index >= 15 is 0 Å². The Kier molecular flexibility index (Phi) is 3.16. The molecule has 0 aliphatic rings. The van der Waals surface area contributed by atoms with Crippen LogP contribution in [0.5, 0.6) is 0 Å². The van der Waals surface area contributed by atoms with Crippen LogP contribution < -0.4 is 0 Å². The van der Waals surface area contributed by atoms with Crippen LogP contribution in [0, 0.1) is 6.92 Å². The molecule has 1 rings (SSSR count). The summed E-state index contributed by atoms with van der Waals surface area (Å²) in [5.74, 6) is 0. The summed E-state index contributed by atoms with van der Waals surface area (Å²) in [6, 6.07) is 6.36. The molecule has 0 aliphatic heterocycles. The number of hydrogen-bond acceptors (Lipinski definition) is 1. The highest BCUT2D eigenvalue weighted by Crippen LogP contribution is 2.29. The van der Waals surface area contributed by atoms with E-state index in [1.54, 1.807) is 12.1 Å². The van der Waals surface area contributed by atoms with Crippen LogP contribution in [0.1, 0.15) is 23.7 Å². The first-order chi connectivity index (χ1) is 6.38. The van der Waals surface area contributed by atoms with Gasteiger partial charge >= 0.3 is 6.18 Å². The van der Waals surface area contributed by atoms with E-state index in [0.29, 0.717) is 5.56 Å². The van der Waals surface area contributed by atoms with Crippen molar-refractivity contribution < 1.29 is 18.3 Å². The lowest BCUT2D eigenvalue weighted by Gasteiger charge is -2.13. The molecule has 1 atom stereocenters. The van der Waals surface area contributed by atoms with Crippen molar-refractivity contribution in [2.45, 2.75) is 25.6 Å². The molecule has 0 saturated carbocycles. The zero-order valence-corrected chi connectivity index (χ0v) is 7.67. The first-order valence-corrected chi connectivity index (χ1v) is 4.20. The predicted molar refractivity (Wildman–Crippen MR) is 46.8 cm³/mol. The number of rotatable bonds is 2. The van der Waals surface area contributed by atoms with Gasteiger partial charge in [-0.15, -0.1) is 0 Å². The molecule has 1 N–H and O–H groups in total. The van der Waals surface area contributed by atoms with Gasteiger partial charge in [0.05, 0.1) is 12.5 Å². The number of hydrogen-bond donors (Lipinski definition) is 1. The fourth-order valence-corrected chi connectivity index (χ4v) is 1.13. The van der Waals surface area contributed by atoms with Gasteiger partial charge in [0.25, 0.3) is 0 Å². The molecule has 1 aromatic carbocycles. The molecule has 0 unspecified atom stereocenters. The van der Waals surface area contributed by atoms with Gasteiger partial charge in [0, 0.05) is 0 Å². The smallest absolute Gasteiger partial charge is 0.388 e. The summed E-state index contributed by atoms with van der Waals surface area (Å²) in [4.78, 5) is 0. The van der Waals surface area contributed by atoms with Crippen molar-refractivity contribution in [1.29, 1.82) is 0 Å². The van der Waals surface area contributed by atoms with Crippen molar-refractivity contribution >= 4 is 0 Å². The van der Waals surface area contributed by atoms with Gasteiger partial charge in [0.15, 0.2) is 0 Å². The quantitative estimate of drug-likeness (QED) is 0.785. The molecule has 0 aliphatic carbocycles. The minimum Gasteiger partial charge on any atom is -0.388 e. The number of aliphatic hydroxyl groups is 1. The van der Waals surface area contributed by atoms with E-state index in [-0.39, 0.29) is 0 Å². The molecule has 1 aromatic rings.